The predicted octanol–water partition coefficient (Wildman–Crippen LogP) is -0.705. The van der Waals surface area contributed by atoms with Gasteiger partial charge in [-0.3, -0.25) is 19.2 Å². The first-order valence-electron chi connectivity index (χ1n) is 11.9. The molecule has 4 aliphatic rings. The molecule has 4 aliphatic heterocycles. The first kappa shape index (κ1) is 26.8. The second kappa shape index (κ2) is 10.4. The first-order valence-corrected chi connectivity index (χ1v) is 13.0. The highest BCUT2D eigenvalue weighted by Crippen LogP contribution is 2.43. The Morgan fingerprint density at radius 3 is 2.83 bits per heavy atom. The number of carbonyl (C=O) groups excluding carboxylic acids is 3. The van der Waals surface area contributed by atoms with E-state index in [2.05, 4.69) is 40.6 Å². The highest BCUT2D eigenvalue weighted by Gasteiger charge is 2.58. The number of fused-ring (bicyclic) bond motifs is 2. The van der Waals surface area contributed by atoms with E-state index in [-0.39, 0.29) is 30.5 Å². The van der Waals surface area contributed by atoms with Crippen molar-refractivity contribution in [1.82, 2.24) is 40.0 Å². The molecule has 2 saturated heterocycles. The summed E-state index contributed by atoms with van der Waals surface area (Å²) in [5.74, 6) is -1.29. The molecule has 40 heavy (non-hydrogen) atoms. The van der Waals surface area contributed by atoms with E-state index in [0.29, 0.717) is 17.3 Å². The first-order chi connectivity index (χ1) is 19.1. The van der Waals surface area contributed by atoms with Gasteiger partial charge in [0.2, 0.25) is 11.6 Å². The van der Waals surface area contributed by atoms with Crippen LogP contribution in [-0.4, -0.2) is 94.9 Å². The number of aliphatic carboxylic acids is 1. The summed E-state index contributed by atoms with van der Waals surface area (Å²) in [6.07, 6.45) is 2.09. The van der Waals surface area contributed by atoms with Crippen LogP contribution in [0.3, 0.4) is 0 Å². The molecule has 208 valence electrons. The highest BCUT2D eigenvalue weighted by molar-refractivity contribution is 8.00. The molecule has 0 saturated carbocycles. The second-order valence-electron chi connectivity index (χ2n) is 9.19. The zero-order valence-corrected chi connectivity index (χ0v) is 22.1. The Morgan fingerprint density at radius 2 is 2.10 bits per heavy atom. The standard InChI is InChI=1S/C23H24N10O6S/c1-11-27-12-4-3-7-32(17(12)28-11)8-23(21(36)37)9-33-19(35)15(20(33)40-10-23)30-18(34)14(31-39-22(38)25-2)16-26-6-5-13(24)29-16/h3-7,15,20H,8-10H2,1-2H3,(H,25,38)(H,30,34)(H,36,37)(H2,24,26,29)/t15?,20-,23?/m1/s1. The minimum Gasteiger partial charge on any atom is -0.481 e. The van der Waals surface area contributed by atoms with E-state index in [1.165, 1.54) is 36.0 Å². The number of rotatable bonds is 7. The molecule has 2 fully saturated rings. The number of oxime groups is 1. The number of hydrogen-bond donors (Lipinski definition) is 4. The average molecular weight is 569 g/mol. The molecule has 1 aromatic rings. The Balaban J connectivity index is 1.32. The summed E-state index contributed by atoms with van der Waals surface area (Å²) >= 11 is 1.24. The predicted molar refractivity (Wildman–Crippen MR) is 140 cm³/mol. The third-order valence-corrected chi connectivity index (χ3v) is 8.04. The lowest BCUT2D eigenvalue weighted by atomic mass is 9.86. The Hall–Kier alpha value is -4.80. The van der Waals surface area contributed by atoms with Crippen LogP contribution < -0.4 is 16.4 Å². The molecule has 0 aromatic carbocycles. The minimum atomic E-state index is -1.30. The molecule has 0 radical (unpaired) electrons. The van der Waals surface area contributed by atoms with Gasteiger partial charge in [-0.15, -0.1) is 11.8 Å². The summed E-state index contributed by atoms with van der Waals surface area (Å²) < 4.78 is 1.73. The maximum Gasteiger partial charge on any atom is 0.433 e. The number of nitrogen functional groups attached to an aromatic ring is 1. The molecule has 3 amide bonds. The summed E-state index contributed by atoms with van der Waals surface area (Å²) in [7, 11) is 1.31. The lowest BCUT2D eigenvalue weighted by Gasteiger charge is -2.53. The van der Waals surface area contributed by atoms with Crippen molar-refractivity contribution in [2.24, 2.45) is 10.6 Å². The SMILES string of the molecule is CNC(=O)ON=C(C(=O)NC1C(=O)N2CC(Cn3cccc4nc(C)nc3-4)(C(=O)O)CS[C@H]12)c1nccc(N)n1. The second-order valence-corrected chi connectivity index (χ2v) is 10.3. The number of nitrogens with two attached hydrogens (primary N) is 1. The number of thioether (sulfide) groups is 1. The van der Waals surface area contributed by atoms with Crippen LogP contribution in [0, 0.1) is 12.3 Å². The molecule has 16 nitrogen and oxygen atoms in total. The van der Waals surface area contributed by atoms with Gasteiger partial charge in [-0.25, -0.2) is 24.7 Å². The number of pyridine rings is 1. The van der Waals surface area contributed by atoms with Crippen molar-refractivity contribution in [1.29, 1.82) is 0 Å². The van der Waals surface area contributed by atoms with Gasteiger partial charge in [0.15, 0.2) is 11.6 Å². The van der Waals surface area contributed by atoms with Gasteiger partial charge >= 0.3 is 12.1 Å². The monoisotopic (exact) mass is 568 g/mol. The number of nitrogens with zero attached hydrogens (tertiary/aromatic N) is 7. The average Bonchev–Trinajstić information content (AvgIpc) is 3.32. The third kappa shape index (κ3) is 4.86. The van der Waals surface area contributed by atoms with E-state index in [0.717, 1.165) is 0 Å². The van der Waals surface area contributed by atoms with Crippen molar-refractivity contribution in [3.63, 3.8) is 0 Å². The number of imidazole rings is 1. The Morgan fingerprint density at radius 1 is 1.30 bits per heavy atom. The topological polar surface area (TPSA) is 220 Å². The van der Waals surface area contributed by atoms with Gasteiger partial charge in [0, 0.05) is 38.3 Å². The molecule has 17 heteroatoms. The molecule has 0 bridgehead atoms. The number of carbonyl (C=O) groups is 4. The van der Waals surface area contributed by atoms with Crippen molar-refractivity contribution in [2.45, 2.75) is 24.9 Å². The fraction of sp³-hybridized carbons (Fsp3) is 0.348. The fourth-order valence-corrected chi connectivity index (χ4v) is 6.01. The van der Waals surface area contributed by atoms with Gasteiger partial charge in [0.1, 0.15) is 34.2 Å². The van der Waals surface area contributed by atoms with Gasteiger partial charge in [0.25, 0.3) is 5.91 Å². The zero-order chi connectivity index (χ0) is 28.6. The van der Waals surface area contributed by atoms with Gasteiger partial charge in [-0.2, -0.15) is 0 Å². The van der Waals surface area contributed by atoms with E-state index in [4.69, 9.17) is 5.73 Å². The maximum absolute atomic E-state index is 13.1. The van der Waals surface area contributed by atoms with Crippen molar-refractivity contribution in [2.75, 3.05) is 25.1 Å². The number of nitrogens with one attached hydrogen (secondary N) is 2. The summed E-state index contributed by atoms with van der Waals surface area (Å²) in [6, 6.07) is 3.98. The van der Waals surface area contributed by atoms with Gasteiger partial charge in [-0.05, 0) is 25.1 Å². The number of aryl methyl sites for hydroxylation is 1. The highest BCUT2D eigenvalue weighted by atomic mass is 32.2. The van der Waals surface area contributed by atoms with Crippen LogP contribution in [0.5, 0.6) is 0 Å². The number of hydrogen-bond acceptors (Lipinski definition) is 12. The number of aromatic nitrogens is 5. The largest absolute Gasteiger partial charge is 0.481 e. The molecule has 5 heterocycles. The lowest BCUT2D eigenvalue weighted by molar-refractivity contribution is -0.159. The van der Waals surface area contributed by atoms with Crippen LogP contribution in [0.2, 0.25) is 0 Å². The van der Waals surface area contributed by atoms with Crippen LogP contribution >= 0.6 is 11.8 Å². The zero-order valence-electron chi connectivity index (χ0n) is 21.3. The van der Waals surface area contributed by atoms with E-state index in [9.17, 15) is 24.3 Å². The summed E-state index contributed by atoms with van der Waals surface area (Å²) in [6.45, 7) is 1.75. The summed E-state index contributed by atoms with van der Waals surface area (Å²) in [5.41, 5.74) is 4.55. The van der Waals surface area contributed by atoms with Crippen LogP contribution in [0.15, 0.2) is 35.7 Å². The van der Waals surface area contributed by atoms with Crippen LogP contribution in [-0.2, 0) is 25.8 Å². The van der Waals surface area contributed by atoms with Crippen LogP contribution in [0.1, 0.15) is 11.6 Å². The molecule has 1 aromatic heterocycles. The van der Waals surface area contributed by atoms with Gasteiger partial charge < -0.3 is 30.9 Å². The van der Waals surface area contributed by atoms with Gasteiger partial charge in [0.05, 0.1) is 0 Å². The van der Waals surface area contributed by atoms with Gasteiger partial charge in [-0.1, -0.05) is 5.16 Å². The number of carboxylic acid groups (broad SMARTS) is 1. The summed E-state index contributed by atoms with van der Waals surface area (Å²) in [4.78, 5) is 73.0. The Labute approximate surface area is 230 Å². The van der Waals surface area contributed by atoms with E-state index < -0.39 is 46.4 Å². The fourth-order valence-electron chi connectivity index (χ4n) is 4.48. The normalized spacial score (nSPS) is 22.3. The third-order valence-electron chi connectivity index (χ3n) is 6.46. The van der Waals surface area contributed by atoms with Crippen LogP contribution in [0.25, 0.3) is 11.5 Å². The molecule has 5 rings (SSSR count). The van der Waals surface area contributed by atoms with Crippen molar-refractivity contribution in [3.05, 3.63) is 42.2 Å². The van der Waals surface area contributed by atoms with Crippen molar-refractivity contribution >= 4 is 47.2 Å². The number of carboxylic acids is 1. The molecular formula is C23H24N10O6S. The minimum absolute atomic E-state index is 0.0423. The number of anilines is 1. The molecule has 5 N–H and O–H groups in total. The number of β-lactam (4-membered cyclic amide) rings is 1. The Kier molecular flexibility index (Phi) is 6.97. The van der Waals surface area contributed by atoms with E-state index in [1.807, 2.05) is 0 Å². The molecule has 0 aliphatic carbocycles. The van der Waals surface area contributed by atoms with E-state index in [1.54, 1.807) is 29.8 Å². The molecular weight excluding hydrogens is 544 g/mol. The quantitative estimate of drug-likeness (QED) is 0.120. The van der Waals surface area contributed by atoms with E-state index >= 15 is 0 Å². The molecule has 2 unspecified atom stereocenters. The number of amides is 3. The van der Waals surface area contributed by atoms with Crippen molar-refractivity contribution < 1.29 is 29.1 Å². The molecule has 0 spiro atoms. The van der Waals surface area contributed by atoms with Crippen LogP contribution in [0.4, 0.5) is 10.6 Å². The maximum atomic E-state index is 13.1. The lowest BCUT2D eigenvalue weighted by Crippen LogP contribution is -2.74. The summed E-state index contributed by atoms with van der Waals surface area (Å²) in [5, 5.41) is 18.0. The molecule has 3 atom stereocenters. The van der Waals surface area contributed by atoms with Crippen molar-refractivity contribution in [3.8, 4) is 11.5 Å². The smallest absolute Gasteiger partial charge is 0.433 e. The Bertz CT molecular complexity index is 1510.